The topological polar surface area (TPSA) is 375 Å². The number of carbonyl (C=O) groups excluding carboxylic acids is 13. The van der Waals surface area contributed by atoms with Gasteiger partial charge < -0.3 is 65.8 Å². The SMILES string of the molecule is C.C.CC(=O)[C@H](CCNC(=O)OC(C)(C)C)NC(=O)[C@@H](CC(=O)[C@H](CCC(=O)OC(C)(C)C)NC(=O)CCCC(=O)N(C)C)C(C)C.CC(C)[C@H](CC(=O)[C@H](CCC(=O)OC(C)(C)C)NC(=O)CCCC(=O)N(C)C)C(=O)N[C@@H](CCNC(=O)OC(C)(C)C)C(=O)O.CCl.S=PP=S. The summed E-state index contributed by atoms with van der Waals surface area (Å²) in [6, 6.07) is -4.44. The molecular weight excluding hydrogens is 1370 g/mol. The molecule has 0 aliphatic carbocycles. The molecular formula is C66H121ClN8O19P2S2. The van der Waals surface area contributed by atoms with Gasteiger partial charge in [-0.05, 0) is 164 Å². The molecule has 27 nitrogen and oxygen atoms in total. The molecule has 32 heteroatoms. The maximum atomic E-state index is 13.5. The van der Waals surface area contributed by atoms with Crippen molar-refractivity contribution in [3.05, 3.63) is 0 Å². The second kappa shape index (κ2) is 53.0. The summed E-state index contributed by atoms with van der Waals surface area (Å²) in [5.74, 6) is -8.59. The van der Waals surface area contributed by atoms with Crippen LogP contribution < -0.4 is 31.9 Å². The van der Waals surface area contributed by atoms with Crippen LogP contribution in [-0.4, -0.2) is 192 Å². The Morgan fingerprint density at radius 3 is 1.00 bits per heavy atom. The van der Waals surface area contributed by atoms with Crippen molar-refractivity contribution in [1.82, 2.24) is 41.7 Å². The fourth-order valence-corrected chi connectivity index (χ4v) is 8.16. The Morgan fingerprint density at radius 2 is 0.745 bits per heavy atom. The molecule has 0 aromatic heterocycles. The van der Waals surface area contributed by atoms with Crippen LogP contribution in [0.4, 0.5) is 9.59 Å². The van der Waals surface area contributed by atoms with Gasteiger partial charge in [0.25, 0.3) is 0 Å². The number of esters is 2. The Labute approximate surface area is 602 Å². The van der Waals surface area contributed by atoms with Crippen molar-refractivity contribution in [1.29, 1.82) is 0 Å². The summed E-state index contributed by atoms with van der Waals surface area (Å²) >= 11 is 13.5. The molecule has 98 heavy (non-hydrogen) atoms. The van der Waals surface area contributed by atoms with Crippen LogP contribution in [0, 0.1) is 23.7 Å². The van der Waals surface area contributed by atoms with Gasteiger partial charge >= 0.3 is 30.1 Å². The van der Waals surface area contributed by atoms with Gasteiger partial charge in [0.15, 0.2) is 17.3 Å². The van der Waals surface area contributed by atoms with Crippen LogP contribution >= 0.6 is 25.7 Å². The highest BCUT2D eigenvalue weighted by molar-refractivity contribution is 8.40. The van der Waals surface area contributed by atoms with Crippen molar-refractivity contribution >= 4 is 132 Å². The largest absolute Gasteiger partial charge is 0.480 e. The van der Waals surface area contributed by atoms with Crippen molar-refractivity contribution in [3.63, 3.8) is 0 Å². The van der Waals surface area contributed by atoms with Crippen molar-refractivity contribution in [3.8, 4) is 0 Å². The highest BCUT2D eigenvalue weighted by atomic mass is 35.5. The number of hydrogen-bond acceptors (Lipinski definition) is 20. The van der Waals surface area contributed by atoms with Gasteiger partial charge in [-0.3, -0.25) is 52.7 Å². The average Bonchev–Trinajstić information content (AvgIpc) is 0.867. The number of ketones is 3. The summed E-state index contributed by atoms with van der Waals surface area (Å²) in [4.78, 5) is 178. The molecule has 0 rings (SSSR count). The summed E-state index contributed by atoms with van der Waals surface area (Å²) in [6.07, 6.45) is -0.0935. The van der Waals surface area contributed by atoms with Gasteiger partial charge in [0.2, 0.25) is 35.4 Å². The van der Waals surface area contributed by atoms with Crippen LogP contribution in [-0.2, 0) is 100 Å². The predicted molar refractivity (Wildman–Crippen MR) is 389 cm³/mol. The minimum absolute atomic E-state index is 0. The van der Waals surface area contributed by atoms with Gasteiger partial charge in [-0.25, -0.2) is 14.4 Å². The maximum absolute atomic E-state index is 13.5. The zero-order valence-electron chi connectivity index (χ0n) is 60.7. The van der Waals surface area contributed by atoms with Crippen LogP contribution in [0.25, 0.3) is 0 Å². The van der Waals surface area contributed by atoms with E-state index in [2.05, 4.69) is 67.1 Å². The third-order valence-electron chi connectivity index (χ3n) is 12.9. The molecule has 0 saturated carbocycles. The number of ether oxygens (including phenoxy) is 4. The zero-order valence-corrected chi connectivity index (χ0v) is 64.9. The highest BCUT2D eigenvalue weighted by Crippen LogP contribution is 2.22. The molecule has 0 bridgehead atoms. The van der Waals surface area contributed by atoms with Crippen LogP contribution in [0.15, 0.2) is 0 Å². The number of nitrogens with zero attached hydrogens (tertiary/aromatic N) is 2. The third-order valence-corrected chi connectivity index (χ3v) is 15.6. The van der Waals surface area contributed by atoms with E-state index in [0.717, 1.165) is 14.1 Å². The van der Waals surface area contributed by atoms with E-state index in [4.69, 9.17) is 18.9 Å². The first-order valence-corrected chi connectivity index (χ1v) is 37.0. The van der Waals surface area contributed by atoms with Gasteiger partial charge in [0.1, 0.15) is 28.4 Å². The van der Waals surface area contributed by atoms with Gasteiger partial charge in [-0.2, -0.15) is 0 Å². The second-order valence-corrected chi connectivity index (χ2v) is 31.7. The number of halogens is 1. The zero-order chi connectivity index (χ0) is 75.7. The Balaban J connectivity index is -0.000000392. The number of alkyl carbamates (subject to hydrolysis) is 2. The van der Waals surface area contributed by atoms with E-state index in [-0.39, 0.29) is 147 Å². The summed E-state index contributed by atoms with van der Waals surface area (Å²) < 4.78 is 21.0. The molecule has 0 unspecified atom stereocenters. The molecule has 8 amide bonds. The molecule has 0 aliphatic heterocycles. The standard InChI is InChI=1S/C32H56N4O9.C31H54N4O10.CH3Cl.2CH4.P2S2/c1-20(2)22(29(42)35-23(21(3)37)17-18-33-30(43)45-32(7,8)9)19-25(38)24(15-16-28(41)44-31(4,5)6)34-26(39)13-12-14-27(40)36(10)11;1-19(2)20(27(40)34-22(28(41)42)16-17-32-29(43)45-31(6,7)8)18-23(36)21(14-15-26(39)44-30(3,4)5)33-24(37)12-11-13-25(38)35(9)10;1-2;;;3-1-2-4/h20,22-24H,12-19H2,1-11H3,(H,33,43)(H,34,39)(H,35,42);19-22H,11-18H2,1-10H3,(H,32,43)(H,33,37)(H,34,40)(H,41,42);1H3;2*1H4;/t22-,23-,24-;20-,21-,22-;;;;/m00..../s1. The lowest BCUT2D eigenvalue weighted by Crippen LogP contribution is -2.48. The number of carboxylic acid groups (broad SMARTS) is 1. The molecule has 0 radical (unpaired) electrons. The molecule has 0 spiro atoms. The number of aliphatic carboxylic acids is 1. The number of carboxylic acids is 1. The fraction of sp³-hybridized carbons (Fsp3) is 0.788. The number of alkyl halides is 1. The number of Topliss-reactive ketones (excluding diaryl/α,β-unsaturated/α-hetero) is 3. The predicted octanol–water partition coefficient (Wildman–Crippen LogP) is 9.48. The lowest BCUT2D eigenvalue weighted by Gasteiger charge is -2.26. The second-order valence-electron chi connectivity index (χ2n) is 27.5. The van der Waals surface area contributed by atoms with Crippen LogP contribution in [0.2, 0.25) is 0 Å². The summed E-state index contributed by atoms with van der Waals surface area (Å²) in [6.45, 7) is 28.7. The molecule has 0 heterocycles. The van der Waals surface area contributed by atoms with E-state index in [9.17, 15) is 72.2 Å². The minimum atomic E-state index is -1.35. The Morgan fingerprint density at radius 1 is 0.449 bits per heavy atom. The van der Waals surface area contributed by atoms with Gasteiger partial charge in [0, 0.05) is 125 Å². The number of nitrogens with one attached hydrogen (secondary N) is 6. The van der Waals surface area contributed by atoms with Gasteiger partial charge in [-0.15, -0.1) is 11.6 Å². The monoisotopic (exact) mass is 1490 g/mol. The van der Waals surface area contributed by atoms with E-state index in [1.807, 2.05) is 0 Å². The molecule has 0 fully saturated rings. The van der Waals surface area contributed by atoms with E-state index < -0.39 is 124 Å². The Bertz CT molecular complexity index is 2380. The smallest absolute Gasteiger partial charge is 0.407 e. The normalized spacial score (nSPS) is 12.9. The van der Waals surface area contributed by atoms with Crippen LogP contribution in [0.3, 0.4) is 0 Å². The van der Waals surface area contributed by atoms with E-state index in [0.29, 0.717) is 0 Å². The number of rotatable bonds is 37. The van der Waals surface area contributed by atoms with E-state index in [1.54, 1.807) is 139 Å². The maximum Gasteiger partial charge on any atom is 0.407 e. The fourth-order valence-electron chi connectivity index (χ4n) is 8.16. The number of hydrogen-bond donors (Lipinski definition) is 7. The quantitative estimate of drug-likeness (QED) is 0.0132. The van der Waals surface area contributed by atoms with E-state index >= 15 is 0 Å². The summed E-state index contributed by atoms with van der Waals surface area (Å²) in [5, 5.41) is 25.1. The van der Waals surface area contributed by atoms with Crippen molar-refractivity contribution in [2.75, 3.05) is 47.7 Å². The summed E-state index contributed by atoms with van der Waals surface area (Å²) in [5.41, 5.74) is -2.90. The minimum Gasteiger partial charge on any atom is -0.480 e. The van der Waals surface area contributed by atoms with Crippen molar-refractivity contribution in [2.45, 2.75) is 269 Å². The van der Waals surface area contributed by atoms with Crippen LogP contribution in [0.1, 0.15) is 222 Å². The summed E-state index contributed by atoms with van der Waals surface area (Å²) in [7, 11) is 8.19. The molecule has 0 aliphatic rings. The molecule has 6 atom stereocenters. The third kappa shape index (κ3) is 55.9. The first kappa shape index (κ1) is 103. The molecule has 568 valence electrons. The molecule has 0 aromatic rings. The first-order chi connectivity index (χ1) is 43.9. The molecule has 0 saturated heterocycles. The lowest BCUT2D eigenvalue weighted by atomic mass is 9.87. The molecule has 7 N–H and O–H groups in total. The van der Waals surface area contributed by atoms with Gasteiger partial charge in [0.05, 0.1) is 18.1 Å². The highest BCUT2D eigenvalue weighted by Gasteiger charge is 2.35. The first-order valence-electron chi connectivity index (χ1n) is 31.7. The number of carbonyl (C=O) groups is 14. The Kier molecular flexibility index (Phi) is 55.8. The Hall–Kier alpha value is -5.89. The average molecular weight is 1490 g/mol. The lowest BCUT2D eigenvalue weighted by molar-refractivity contribution is -0.156. The van der Waals surface area contributed by atoms with E-state index in [1.165, 1.54) is 23.1 Å². The number of amides is 8. The van der Waals surface area contributed by atoms with Crippen LogP contribution in [0.5, 0.6) is 0 Å². The van der Waals surface area contributed by atoms with Crippen molar-refractivity contribution < 1.29 is 91.2 Å². The van der Waals surface area contributed by atoms with Gasteiger partial charge in [-0.1, -0.05) is 42.5 Å². The molecule has 0 aromatic carbocycles. The van der Waals surface area contributed by atoms with Crippen molar-refractivity contribution in [2.24, 2.45) is 23.7 Å².